The van der Waals surface area contributed by atoms with Gasteiger partial charge in [0.25, 0.3) is 0 Å². The second-order valence-electron chi connectivity index (χ2n) is 4.99. The van der Waals surface area contributed by atoms with E-state index in [1.165, 1.54) is 0 Å². The lowest BCUT2D eigenvalue weighted by Gasteiger charge is -2.15. The van der Waals surface area contributed by atoms with Crippen LogP contribution in [0, 0.1) is 5.82 Å². The molecule has 2 rings (SSSR count). The molecule has 0 aliphatic heterocycles. The van der Waals surface area contributed by atoms with Crippen LogP contribution in [0.1, 0.15) is 30.9 Å². The molecule has 0 radical (unpaired) electrons. The van der Waals surface area contributed by atoms with Crippen LogP contribution in [-0.2, 0) is 6.54 Å². The van der Waals surface area contributed by atoms with Crippen molar-refractivity contribution in [3.63, 3.8) is 0 Å². The Morgan fingerprint density at radius 3 is 2.43 bits per heavy atom. The van der Waals surface area contributed by atoms with Crippen LogP contribution in [0.25, 0.3) is 0 Å². The normalized spacial score (nSPS) is 11.0. The Bertz CT molecular complexity index is 659. The van der Waals surface area contributed by atoms with Gasteiger partial charge in [-0.25, -0.2) is 4.39 Å². The fourth-order valence-electron chi connectivity index (χ4n) is 1.99. The van der Waals surface area contributed by atoms with Gasteiger partial charge in [-0.3, -0.25) is 0 Å². The van der Waals surface area contributed by atoms with Crippen LogP contribution in [0.2, 0.25) is 0 Å². The molecule has 0 atom stereocenters. The Labute approximate surface area is 140 Å². The highest BCUT2D eigenvalue weighted by molar-refractivity contribution is 9.10. The van der Waals surface area contributed by atoms with Gasteiger partial charge in [0, 0.05) is 11.0 Å². The van der Waals surface area contributed by atoms with E-state index in [0.29, 0.717) is 15.8 Å². The van der Waals surface area contributed by atoms with Crippen LogP contribution in [-0.4, -0.2) is 0 Å². The quantitative estimate of drug-likeness (QED) is 0.691. The zero-order valence-corrected chi connectivity index (χ0v) is 15.0. The van der Waals surface area contributed by atoms with Crippen molar-refractivity contribution in [2.24, 2.45) is 5.73 Å². The molecule has 2 nitrogen and oxygen atoms in total. The summed E-state index contributed by atoms with van der Waals surface area (Å²) in [5.41, 5.74) is 7.28. The fraction of sp³-hybridized carbons (Fsp3) is 0.250. The van der Waals surface area contributed by atoms with Crippen LogP contribution in [0.4, 0.5) is 4.39 Å². The smallest absolute Gasteiger partial charge is 0.180 e. The third-order valence-electron chi connectivity index (χ3n) is 3.16. The number of nitrogens with two attached hydrogens (primary N) is 1. The first-order valence-corrected chi connectivity index (χ1v) is 8.17. The summed E-state index contributed by atoms with van der Waals surface area (Å²) in [5.74, 6) is 0.672. The molecular weight excluding hydrogens is 401 g/mol. The number of benzene rings is 2. The molecule has 0 spiro atoms. The lowest BCUT2D eigenvalue weighted by Crippen LogP contribution is -2.01. The largest absolute Gasteiger partial charge is 0.454 e. The number of rotatable bonds is 4. The minimum atomic E-state index is -0.435. The van der Waals surface area contributed by atoms with Gasteiger partial charge in [0.1, 0.15) is 5.75 Å². The lowest BCUT2D eigenvalue weighted by molar-refractivity contribution is 0.433. The zero-order valence-electron chi connectivity index (χ0n) is 11.8. The van der Waals surface area contributed by atoms with Gasteiger partial charge in [-0.15, -0.1) is 0 Å². The molecule has 0 unspecified atom stereocenters. The molecule has 2 aromatic carbocycles. The molecule has 0 aliphatic carbocycles. The van der Waals surface area contributed by atoms with Crippen molar-refractivity contribution in [2.45, 2.75) is 26.3 Å². The predicted molar refractivity (Wildman–Crippen MR) is 90.3 cm³/mol. The highest BCUT2D eigenvalue weighted by atomic mass is 79.9. The molecule has 2 aromatic rings. The Morgan fingerprint density at radius 1 is 1.14 bits per heavy atom. The molecule has 0 amide bonds. The molecule has 112 valence electrons. The molecule has 0 saturated heterocycles. The molecule has 0 fully saturated rings. The summed E-state index contributed by atoms with van der Waals surface area (Å²) >= 11 is 6.67. The third kappa shape index (κ3) is 3.65. The van der Waals surface area contributed by atoms with Crippen molar-refractivity contribution in [2.75, 3.05) is 0 Å². The van der Waals surface area contributed by atoms with Gasteiger partial charge < -0.3 is 10.5 Å². The molecule has 0 bridgehead atoms. The van der Waals surface area contributed by atoms with E-state index in [9.17, 15) is 4.39 Å². The monoisotopic (exact) mass is 415 g/mol. The van der Waals surface area contributed by atoms with Gasteiger partial charge in [-0.2, -0.15) is 0 Å². The molecule has 2 N–H and O–H groups in total. The summed E-state index contributed by atoms with van der Waals surface area (Å²) in [4.78, 5) is 0. The first-order chi connectivity index (χ1) is 9.93. The van der Waals surface area contributed by atoms with E-state index in [0.717, 1.165) is 10.0 Å². The van der Waals surface area contributed by atoms with Gasteiger partial charge in [0.2, 0.25) is 0 Å². The number of halogens is 3. The molecule has 0 heterocycles. The Kier molecular flexibility index (Phi) is 5.41. The van der Waals surface area contributed by atoms with E-state index >= 15 is 0 Å². The van der Waals surface area contributed by atoms with E-state index in [1.54, 1.807) is 12.1 Å². The van der Waals surface area contributed by atoms with Crippen LogP contribution < -0.4 is 10.5 Å². The molecule has 5 heteroatoms. The van der Waals surface area contributed by atoms with Crippen molar-refractivity contribution in [1.29, 1.82) is 0 Å². The van der Waals surface area contributed by atoms with Crippen molar-refractivity contribution < 1.29 is 9.13 Å². The van der Waals surface area contributed by atoms with E-state index in [1.807, 2.05) is 18.2 Å². The lowest BCUT2D eigenvalue weighted by atomic mass is 10.0. The van der Waals surface area contributed by atoms with Crippen molar-refractivity contribution in [1.82, 2.24) is 0 Å². The van der Waals surface area contributed by atoms with Crippen LogP contribution in [0.3, 0.4) is 0 Å². The van der Waals surface area contributed by atoms with E-state index in [-0.39, 0.29) is 18.2 Å². The van der Waals surface area contributed by atoms with Crippen LogP contribution in [0.15, 0.2) is 39.3 Å². The molecule has 0 aliphatic rings. The third-order valence-corrected chi connectivity index (χ3v) is 4.51. The predicted octanol–water partition coefficient (Wildman–Crippen LogP) is 5.73. The minimum Gasteiger partial charge on any atom is -0.454 e. The van der Waals surface area contributed by atoms with Gasteiger partial charge in [-0.1, -0.05) is 35.8 Å². The summed E-state index contributed by atoms with van der Waals surface area (Å²) in [6.45, 7) is 4.41. The maximum absolute atomic E-state index is 14.3. The van der Waals surface area contributed by atoms with Crippen molar-refractivity contribution in [3.05, 3.63) is 56.2 Å². The van der Waals surface area contributed by atoms with Crippen molar-refractivity contribution in [3.8, 4) is 11.5 Å². The molecule has 0 aromatic heterocycles. The minimum absolute atomic E-state index is 0.184. The average Bonchev–Trinajstić information content (AvgIpc) is 2.45. The Morgan fingerprint density at radius 2 is 1.81 bits per heavy atom. The number of hydrogen-bond donors (Lipinski definition) is 1. The van der Waals surface area contributed by atoms with Gasteiger partial charge in [-0.05, 0) is 57.2 Å². The SMILES string of the molecule is CC(C)c1cc(Br)ccc1Oc1ccc(CN)c(Br)c1F. The van der Waals surface area contributed by atoms with Gasteiger partial charge in [0.15, 0.2) is 11.6 Å². The standard InChI is InChI=1S/C16H16Br2FNO/c1-9(2)12-7-11(17)4-6-13(12)21-14-5-3-10(8-20)15(18)16(14)19/h3-7,9H,8,20H2,1-2H3. The van der Waals surface area contributed by atoms with Gasteiger partial charge in [0.05, 0.1) is 4.47 Å². The Balaban J connectivity index is 2.41. The average molecular weight is 417 g/mol. The van der Waals surface area contributed by atoms with Gasteiger partial charge >= 0.3 is 0 Å². The summed E-state index contributed by atoms with van der Waals surface area (Å²) in [6.07, 6.45) is 0. The fourth-order valence-corrected chi connectivity index (χ4v) is 2.86. The summed E-state index contributed by atoms with van der Waals surface area (Å²) in [5, 5.41) is 0. The highest BCUT2D eigenvalue weighted by Gasteiger charge is 2.15. The second kappa shape index (κ2) is 6.90. The summed E-state index contributed by atoms with van der Waals surface area (Å²) in [6, 6.07) is 9.07. The van der Waals surface area contributed by atoms with E-state index < -0.39 is 5.82 Å². The highest BCUT2D eigenvalue weighted by Crippen LogP contribution is 2.36. The van der Waals surface area contributed by atoms with Crippen molar-refractivity contribution >= 4 is 31.9 Å². The molecule has 0 saturated carbocycles. The Hall–Kier alpha value is -0.910. The van der Waals surface area contributed by atoms with E-state index in [4.69, 9.17) is 10.5 Å². The first-order valence-electron chi connectivity index (χ1n) is 6.58. The summed E-state index contributed by atoms with van der Waals surface area (Å²) in [7, 11) is 0. The first kappa shape index (κ1) is 16.5. The number of hydrogen-bond acceptors (Lipinski definition) is 2. The number of ether oxygens (including phenoxy) is 1. The maximum atomic E-state index is 14.3. The zero-order chi connectivity index (χ0) is 15.6. The summed E-state index contributed by atoms with van der Waals surface area (Å²) < 4.78 is 21.4. The molecular formula is C16H16Br2FNO. The van der Waals surface area contributed by atoms with Crippen LogP contribution in [0.5, 0.6) is 11.5 Å². The second-order valence-corrected chi connectivity index (χ2v) is 6.70. The topological polar surface area (TPSA) is 35.2 Å². The molecule has 21 heavy (non-hydrogen) atoms. The van der Waals surface area contributed by atoms with Crippen LogP contribution >= 0.6 is 31.9 Å². The van der Waals surface area contributed by atoms with E-state index in [2.05, 4.69) is 45.7 Å². The maximum Gasteiger partial charge on any atom is 0.180 e.